The summed E-state index contributed by atoms with van der Waals surface area (Å²) in [4.78, 5) is 0. The second-order valence-corrected chi connectivity index (χ2v) is 4.06. The Balaban J connectivity index is 4.15. The van der Waals surface area contributed by atoms with Crippen molar-refractivity contribution in [2.45, 2.75) is 47.0 Å². The third kappa shape index (κ3) is 4.76. The highest BCUT2D eigenvalue weighted by atomic mass is 14.6. The van der Waals surface area contributed by atoms with Crippen molar-refractivity contribution in [3.05, 3.63) is 23.4 Å². The van der Waals surface area contributed by atoms with E-state index in [-0.39, 0.29) is 0 Å². The lowest BCUT2D eigenvalue weighted by atomic mass is 9.96. The van der Waals surface area contributed by atoms with Gasteiger partial charge in [-0.3, -0.25) is 0 Å². The van der Waals surface area contributed by atoms with Crippen LogP contribution in [0.1, 0.15) is 47.0 Å². The van der Waals surface area contributed by atoms with Crippen LogP contribution in [0.3, 0.4) is 0 Å². The molecule has 0 amide bonds. The van der Waals surface area contributed by atoms with Crippen LogP contribution in [0.5, 0.6) is 0 Å². The van der Waals surface area contributed by atoms with E-state index < -0.39 is 0 Å². The minimum atomic E-state index is 0.739. The van der Waals surface area contributed by atoms with E-state index in [0.717, 1.165) is 18.0 Å². The van der Waals surface area contributed by atoms with Crippen molar-refractivity contribution in [3.8, 4) is 0 Å². The highest BCUT2D eigenvalue weighted by Gasteiger charge is 2.04. The van der Waals surface area contributed by atoms with Crippen molar-refractivity contribution < 1.29 is 0 Å². The predicted molar refractivity (Wildman–Crippen MR) is 60.4 cm³/mol. The predicted octanol–water partition coefficient (Wildman–Crippen LogP) is 3.62. The zero-order valence-corrected chi connectivity index (χ0v) is 9.48. The topological polar surface area (TPSA) is 26.0 Å². The molecule has 13 heavy (non-hydrogen) atoms. The molecule has 0 aromatic carbocycles. The van der Waals surface area contributed by atoms with E-state index in [1.54, 1.807) is 0 Å². The Labute approximate surface area is 82.7 Å². The third-order valence-corrected chi connectivity index (χ3v) is 2.58. The highest BCUT2D eigenvalue weighted by molar-refractivity contribution is 5.29. The maximum Gasteiger partial charge on any atom is 0.0272 e. The highest BCUT2D eigenvalue weighted by Crippen LogP contribution is 2.20. The van der Waals surface area contributed by atoms with E-state index in [2.05, 4.69) is 34.3 Å². The Bertz CT molecular complexity index is 197. The molecule has 0 spiro atoms. The molecule has 0 aliphatic rings. The van der Waals surface area contributed by atoms with E-state index in [9.17, 15) is 0 Å². The molecule has 0 radical (unpaired) electrons. The summed E-state index contributed by atoms with van der Waals surface area (Å²) in [6.45, 7) is 12.5. The summed E-state index contributed by atoms with van der Waals surface area (Å²) in [5, 5.41) is 0. The van der Waals surface area contributed by atoms with Gasteiger partial charge in [-0.05, 0) is 38.2 Å². The summed E-state index contributed by atoms with van der Waals surface area (Å²) in [5.74, 6) is 0.786. The molecule has 76 valence electrons. The molecule has 0 heterocycles. The van der Waals surface area contributed by atoms with Crippen molar-refractivity contribution in [2.75, 3.05) is 0 Å². The Morgan fingerprint density at radius 1 is 1.38 bits per heavy atom. The number of hydrogen-bond donors (Lipinski definition) is 1. The third-order valence-electron chi connectivity index (χ3n) is 2.58. The fourth-order valence-corrected chi connectivity index (χ4v) is 1.33. The molecular formula is C12H23N. The first-order chi connectivity index (χ1) is 5.99. The summed E-state index contributed by atoms with van der Waals surface area (Å²) >= 11 is 0. The molecule has 1 heteroatoms. The lowest BCUT2D eigenvalue weighted by molar-refractivity contribution is 0.515. The molecule has 0 aliphatic heterocycles. The molecule has 0 bridgehead atoms. The van der Waals surface area contributed by atoms with E-state index in [1.807, 2.05) is 0 Å². The molecule has 1 unspecified atom stereocenters. The summed E-state index contributed by atoms with van der Waals surface area (Å²) in [6.07, 6.45) is 3.53. The first-order valence-corrected chi connectivity index (χ1v) is 5.10. The molecular weight excluding hydrogens is 158 g/mol. The number of hydrogen-bond acceptors (Lipinski definition) is 1. The number of allylic oxidation sites excluding steroid dienone is 2. The fraction of sp³-hybridized carbons (Fsp3) is 0.667. The monoisotopic (exact) mass is 181 g/mol. The summed E-state index contributed by atoms with van der Waals surface area (Å²) in [5.41, 5.74) is 9.00. The first-order valence-electron chi connectivity index (χ1n) is 5.10. The van der Waals surface area contributed by atoms with Gasteiger partial charge in [0.1, 0.15) is 0 Å². The van der Waals surface area contributed by atoms with Crippen LogP contribution < -0.4 is 5.73 Å². The van der Waals surface area contributed by atoms with Gasteiger partial charge in [0.15, 0.2) is 0 Å². The summed E-state index contributed by atoms with van der Waals surface area (Å²) in [7, 11) is 0. The minimum absolute atomic E-state index is 0.739. The fourth-order valence-electron chi connectivity index (χ4n) is 1.33. The van der Waals surface area contributed by atoms with Gasteiger partial charge in [0.05, 0.1) is 0 Å². The van der Waals surface area contributed by atoms with Gasteiger partial charge in [-0.25, -0.2) is 0 Å². The van der Waals surface area contributed by atoms with Crippen LogP contribution in [0.2, 0.25) is 0 Å². The molecule has 0 aromatic heterocycles. The zero-order chi connectivity index (χ0) is 10.4. The van der Waals surface area contributed by atoms with Crippen LogP contribution in [0.4, 0.5) is 0 Å². The van der Waals surface area contributed by atoms with Gasteiger partial charge < -0.3 is 5.73 Å². The quantitative estimate of drug-likeness (QED) is 0.644. The van der Waals surface area contributed by atoms with E-state index in [0.29, 0.717) is 0 Å². The van der Waals surface area contributed by atoms with E-state index in [4.69, 9.17) is 5.73 Å². The minimum Gasteiger partial charge on any atom is -0.399 e. The first kappa shape index (κ1) is 12.3. The number of nitrogens with two attached hydrogens (primary N) is 1. The van der Waals surface area contributed by atoms with Crippen LogP contribution >= 0.6 is 0 Å². The van der Waals surface area contributed by atoms with E-state index in [1.165, 1.54) is 24.0 Å². The second-order valence-electron chi connectivity index (χ2n) is 4.06. The molecule has 0 aliphatic carbocycles. The van der Waals surface area contributed by atoms with Crippen molar-refractivity contribution in [2.24, 2.45) is 11.7 Å². The van der Waals surface area contributed by atoms with Crippen molar-refractivity contribution in [1.82, 2.24) is 0 Å². The summed E-state index contributed by atoms with van der Waals surface area (Å²) in [6, 6.07) is 0. The smallest absolute Gasteiger partial charge is 0.0272 e. The Morgan fingerprint density at radius 3 is 2.23 bits per heavy atom. The second kappa shape index (κ2) is 5.85. The molecule has 0 saturated heterocycles. The standard InChI is InChI=1S/C12H23N/c1-6-10(4)7-8-12(9(2)3)11(5)13/h10H,5-8,13H2,1-4H3. The molecule has 2 N–H and O–H groups in total. The van der Waals surface area contributed by atoms with Gasteiger partial charge in [-0.15, -0.1) is 0 Å². The summed E-state index contributed by atoms with van der Waals surface area (Å²) < 4.78 is 0. The van der Waals surface area contributed by atoms with Crippen LogP contribution in [0.15, 0.2) is 23.4 Å². The maximum atomic E-state index is 5.71. The van der Waals surface area contributed by atoms with Gasteiger partial charge in [0.25, 0.3) is 0 Å². The molecule has 0 aromatic rings. The maximum absolute atomic E-state index is 5.71. The average molecular weight is 181 g/mol. The normalized spacial score (nSPS) is 12.3. The average Bonchev–Trinajstić information content (AvgIpc) is 2.03. The van der Waals surface area contributed by atoms with Gasteiger partial charge >= 0.3 is 0 Å². The van der Waals surface area contributed by atoms with Crippen LogP contribution in [0.25, 0.3) is 0 Å². The largest absolute Gasteiger partial charge is 0.399 e. The zero-order valence-electron chi connectivity index (χ0n) is 9.48. The van der Waals surface area contributed by atoms with Gasteiger partial charge in [0, 0.05) is 5.70 Å². The lowest BCUT2D eigenvalue weighted by Crippen LogP contribution is -2.03. The van der Waals surface area contributed by atoms with E-state index >= 15 is 0 Å². The van der Waals surface area contributed by atoms with Gasteiger partial charge in [0.2, 0.25) is 0 Å². The molecule has 0 fully saturated rings. The van der Waals surface area contributed by atoms with Crippen molar-refractivity contribution in [1.29, 1.82) is 0 Å². The molecule has 1 atom stereocenters. The van der Waals surface area contributed by atoms with Crippen molar-refractivity contribution >= 4 is 0 Å². The van der Waals surface area contributed by atoms with Crippen LogP contribution in [-0.4, -0.2) is 0 Å². The molecule has 0 rings (SSSR count). The van der Waals surface area contributed by atoms with Gasteiger partial charge in [-0.1, -0.05) is 32.4 Å². The van der Waals surface area contributed by atoms with Crippen LogP contribution in [-0.2, 0) is 0 Å². The Morgan fingerprint density at radius 2 is 1.92 bits per heavy atom. The SMILES string of the molecule is C=C(N)C(CCC(C)CC)=C(C)C. The van der Waals surface area contributed by atoms with Crippen molar-refractivity contribution in [3.63, 3.8) is 0 Å². The Hall–Kier alpha value is -0.720. The Kier molecular flexibility index (Phi) is 5.52. The van der Waals surface area contributed by atoms with Crippen LogP contribution in [0, 0.1) is 5.92 Å². The molecule has 1 nitrogen and oxygen atoms in total. The lowest BCUT2D eigenvalue weighted by Gasteiger charge is -2.12. The van der Waals surface area contributed by atoms with Gasteiger partial charge in [-0.2, -0.15) is 0 Å². The number of rotatable bonds is 5. The molecule has 0 saturated carbocycles.